The van der Waals surface area contributed by atoms with Gasteiger partial charge in [-0.1, -0.05) is 28.1 Å². The molecule has 1 heterocycles. The molecule has 0 unspecified atom stereocenters. The molecule has 2 nitrogen and oxygen atoms in total. The smallest absolute Gasteiger partial charge is 0.238 e. The predicted octanol–water partition coefficient (Wildman–Crippen LogP) is 4.95. The molecule has 1 aliphatic heterocycles. The average Bonchev–Trinajstić information content (AvgIpc) is 2.90. The van der Waals surface area contributed by atoms with E-state index in [4.69, 9.17) is 0 Å². The first kappa shape index (κ1) is 15.0. The van der Waals surface area contributed by atoms with Gasteiger partial charge < -0.3 is 0 Å². The fourth-order valence-corrected chi connectivity index (χ4v) is 4.17. The fraction of sp³-hybridized carbons (Fsp3) is 0.188. The summed E-state index contributed by atoms with van der Waals surface area (Å²) in [6.07, 6.45) is 2.07. The summed E-state index contributed by atoms with van der Waals surface area (Å²) >= 11 is 6.84. The van der Waals surface area contributed by atoms with Crippen LogP contribution in [0.5, 0.6) is 0 Å². The van der Waals surface area contributed by atoms with E-state index in [-0.39, 0.29) is 11.3 Å². The van der Waals surface area contributed by atoms with Crippen LogP contribution in [-0.4, -0.2) is 17.9 Å². The average molecular weight is 380 g/mol. The van der Waals surface area contributed by atoms with Gasteiger partial charge in [-0.2, -0.15) is 0 Å². The molecule has 1 atom stereocenters. The van der Waals surface area contributed by atoms with Crippen molar-refractivity contribution < 1.29 is 4.79 Å². The quantitative estimate of drug-likeness (QED) is 0.703. The predicted molar refractivity (Wildman–Crippen MR) is 95.1 cm³/mol. The molecule has 2 aromatic rings. The van der Waals surface area contributed by atoms with Crippen LogP contribution in [0.1, 0.15) is 10.9 Å². The van der Waals surface area contributed by atoms with Gasteiger partial charge in [0.1, 0.15) is 5.37 Å². The molecule has 0 aromatic heterocycles. The van der Waals surface area contributed by atoms with Crippen LogP contribution in [0.3, 0.4) is 0 Å². The van der Waals surface area contributed by atoms with Crippen molar-refractivity contribution in [2.24, 2.45) is 0 Å². The number of thioether (sulfide) groups is 2. The van der Waals surface area contributed by atoms with Crippen LogP contribution in [0.4, 0.5) is 5.69 Å². The fourth-order valence-electron chi connectivity index (χ4n) is 2.32. The summed E-state index contributed by atoms with van der Waals surface area (Å²) in [4.78, 5) is 15.4. The van der Waals surface area contributed by atoms with E-state index in [0.29, 0.717) is 5.75 Å². The highest BCUT2D eigenvalue weighted by Gasteiger charge is 2.33. The third-order valence-electron chi connectivity index (χ3n) is 3.37. The Morgan fingerprint density at radius 3 is 2.43 bits per heavy atom. The molecule has 1 aliphatic rings. The van der Waals surface area contributed by atoms with Gasteiger partial charge in [0.2, 0.25) is 5.91 Å². The number of hydrogen-bond donors (Lipinski definition) is 0. The summed E-state index contributed by atoms with van der Waals surface area (Å²) in [6, 6.07) is 16.4. The van der Waals surface area contributed by atoms with E-state index < -0.39 is 0 Å². The summed E-state index contributed by atoms with van der Waals surface area (Å²) in [5.74, 6) is 0.701. The van der Waals surface area contributed by atoms with Crippen molar-refractivity contribution in [3.05, 3.63) is 58.6 Å². The Morgan fingerprint density at radius 1 is 1.14 bits per heavy atom. The van der Waals surface area contributed by atoms with Gasteiger partial charge in [0.05, 0.1) is 5.75 Å². The lowest BCUT2D eigenvalue weighted by Gasteiger charge is -2.24. The van der Waals surface area contributed by atoms with Crippen molar-refractivity contribution in [1.29, 1.82) is 0 Å². The normalized spacial score (nSPS) is 18.3. The summed E-state index contributed by atoms with van der Waals surface area (Å²) in [6.45, 7) is 0. The SMILES string of the molecule is CSc1ccc([C@@H]2SCC(=O)N2c2ccc(Br)cc2)cc1. The van der Waals surface area contributed by atoms with Crippen LogP contribution < -0.4 is 4.90 Å². The van der Waals surface area contributed by atoms with E-state index >= 15 is 0 Å². The highest BCUT2D eigenvalue weighted by Crippen LogP contribution is 2.42. The van der Waals surface area contributed by atoms with Crippen LogP contribution in [0, 0.1) is 0 Å². The molecule has 1 amide bonds. The topological polar surface area (TPSA) is 20.3 Å². The molecule has 0 bridgehead atoms. The molecule has 0 radical (unpaired) electrons. The summed E-state index contributed by atoms with van der Waals surface area (Å²) in [5, 5.41) is 0.0644. The van der Waals surface area contributed by atoms with E-state index in [9.17, 15) is 4.79 Å². The van der Waals surface area contributed by atoms with Crippen molar-refractivity contribution >= 4 is 51.0 Å². The van der Waals surface area contributed by atoms with Crippen LogP contribution in [0.15, 0.2) is 57.9 Å². The van der Waals surface area contributed by atoms with Gasteiger partial charge in [-0.3, -0.25) is 9.69 Å². The van der Waals surface area contributed by atoms with Crippen LogP contribution in [0.2, 0.25) is 0 Å². The van der Waals surface area contributed by atoms with Gasteiger partial charge in [0.15, 0.2) is 0 Å². The number of nitrogens with zero attached hydrogens (tertiary/aromatic N) is 1. The number of rotatable bonds is 3. The molecule has 0 N–H and O–H groups in total. The molecule has 1 saturated heterocycles. The standard InChI is InChI=1S/C16H14BrNOS2/c1-20-14-8-2-11(3-9-14)16-18(15(19)10-21-16)13-6-4-12(17)5-7-13/h2-9,16H,10H2,1H3/t16-/m0/s1. The van der Waals surface area contributed by atoms with Crippen molar-refractivity contribution in [1.82, 2.24) is 0 Å². The van der Waals surface area contributed by atoms with E-state index in [2.05, 4.69) is 46.5 Å². The molecule has 21 heavy (non-hydrogen) atoms. The first-order valence-electron chi connectivity index (χ1n) is 6.52. The van der Waals surface area contributed by atoms with Gasteiger partial charge in [-0.15, -0.1) is 23.5 Å². The van der Waals surface area contributed by atoms with Crippen molar-refractivity contribution in [3.63, 3.8) is 0 Å². The van der Waals surface area contributed by atoms with E-state index in [1.165, 1.54) is 10.5 Å². The van der Waals surface area contributed by atoms with Gasteiger partial charge >= 0.3 is 0 Å². The van der Waals surface area contributed by atoms with E-state index in [1.54, 1.807) is 23.5 Å². The Bertz CT molecular complexity index is 642. The number of amides is 1. The monoisotopic (exact) mass is 379 g/mol. The molecule has 1 fully saturated rings. The van der Waals surface area contributed by atoms with E-state index in [1.807, 2.05) is 29.2 Å². The number of hydrogen-bond acceptors (Lipinski definition) is 3. The second kappa shape index (κ2) is 6.46. The number of benzene rings is 2. The van der Waals surface area contributed by atoms with Gasteiger partial charge in [-0.05, 0) is 48.2 Å². The van der Waals surface area contributed by atoms with Crippen LogP contribution in [-0.2, 0) is 4.79 Å². The molecular formula is C16H14BrNOS2. The number of halogens is 1. The minimum absolute atomic E-state index is 0.0644. The Morgan fingerprint density at radius 2 is 1.81 bits per heavy atom. The molecule has 0 aliphatic carbocycles. The Labute approximate surface area is 141 Å². The summed E-state index contributed by atoms with van der Waals surface area (Å²) in [5.41, 5.74) is 2.12. The number of carbonyl (C=O) groups is 1. The first-order chi connectivity index (χ1) is 10.2. The largest absolute Gasteiger partial charge is 0.295 e. The molecule has 108 valence electrons. The lowest BCUT2D eigenvalue weighted by atomic mass is 10.2. The van der Waals surface area contributed by atoms with Gasteiger partial charge in [0.25, 0.3) is 0 Å². The van der Waals surface area contributed by atoms with E-state index in [0.717, 1.165) is 10.2 Å². The lowest BCUT2D eigenvalue weighted by molar-refractivity contribution is -0.115. The van der Waals surface area contributed by atoms with Crippen molar-refractivity contribution in [2.75, 3.05) is 16.9 Å². The highest BCUT2D eigenvalue weighted by atomic mass is 79.9. The second-order valence-electron chi connectivity index (χ2n) is 4.68. The van der Waals surface area contributed by atoms with Gasteiger partial charge in [-0.25, -0.2) is 0 Å². The molecule has 3 rings (SSSR count). The molecule has 0 saturated carbocycles. The third-order valence-corrected chi connectivity index (χ3v) is 5.86. The number of carbonyl (C=O) groups excluding carboxylic acids is 1. The highest BCUT2D eigenvalue weighted by molar-refractivity contribution is 9.10. The minimum Gasteiger partial charge on any atom is -0.295 e. The maximum Gasteiger partial charge on any atom is 0.238 e. The maximum absolute atomic E-state index is 12.3. The zero-order valence-electron chi connectivity index (χ0n) is 11.5. The number of anilines is 1. The zero-order valence-corrected chi connectivity index (χ0v) is 14.7. The summed E-state index contributed by atoms with van der Waals surface area (Å²) < 4.78 is 1.02. The van der Waals surface area contributed by atoms with Crippen LogP contribution in [0.25, 0.3) is 0 Å². The Hall–Kier alpha value is -0.910. The minimum atomic E-state index is 0.0644. The molecule has 0 spiro atoms. The van der Waals surface area contributed by atoms with Crippen molar-refractivity contribution in [3.8, 4) is 0 Å². The Kier molecular flexibility index (Phi) is 4.62. The molecule has 2 aromatic carbocycles. The zero-order chi connectivity index (χ0) is 14.8. The molecule has 5 heteroatoms. The third kappa shape index (κ3) is 3.15. The Balaban J connectivity index is 1.93. The summed E-state index contributed by atoms with van der Waals surface area (Å²) in [7, 11) is 0. The molecular weight excluding hydrogens is 366 g/mol. The van der Waals surface area contributed by atoms with Crippen molar-refractivity contribution in [2.45, 2.75) is 10.3 Å². The lowest BCUT2D eigenvalue weighted by Crippen LogP contribution is -2.27. The van der Waals surface area contributed by atoms with Crippen LogP contribution >= 0.6 is 39.5 Å². The second-order valence-corrected chi connectivity index (χ2v) is 7.54. The first-order valence-corrected chi connectivity index (χ1v) is 9.59. The maximum atomic E-state index is 12.3. The van der Waals surface area contributed by atoms with Gasteiger partial charge in [0, 0.05) is 15.1 Å².